The average Bonchev–Trinajstić information content (AvgIpc) is 3.34. The number of amides is 2. The van der Waals surface area contributed by atoms with Crippen LogP contribution in [-0.4, -0.2) is 51.9 Å². The molecule has 0 atom stereocenters. The van der Waals surface area contributed by atoms with Crippen LogP contribution >= 0.6 is 0 Å². The first-order valence-electron chi connectivity index (χ1n) is 19.9. The number of aromatic hydroxyl groups is 4. The Balaban J connectivity index is 0.000000229. The van der Waals surface area contributed by atoms with Gasteiger partial charge in [0, 0.05) is 45.3 Å². The maximum atomic E-state index is 12.9. The SMILES string of the molecule is O=C(Nc1ccccc1)c1cc2ccccc2c(N=Nc2cc([N+](=O)[O-])cc([N+](=O)[O-])c2O)c1O.O=C(Nc1ccccc1)c1cc2ccccc2c([NH+]=Nc2cc([N+](=O)[O-])cc([N+](=O)[O-])c2O)c1O.[Cr]. The van der Waals surface area contributed by atoms with Gasteiger partial charge >= 0.3 is 11.4 Å². The molecule has 0 bridgehead atoms. The second-order valence-electron chi connectivity index (χ2n) is 14.5. The Morgan fingerprint density at radius 1 is 0.479 bits per heavy atom. The Bertz CT molecular complexity index is 3280. The molecule has 24 nitrogen and oxygen atoms in total. The van der Waals surface area contributed by atoms with E-state index in [0.29, 0.717) is 45.1 Å². The van der Waals surface area contributed by atoms with Crippen molar-refractivity contribution in [2.45, 2.75) is 0 Å². The molecule has 0 aliphatic rings. The fraction of sp³-hybridized carbons (Fsp3) is 0. The van der Waals surface area contributed by atoms with Crippen LogP contribution < -0.4 is 15.7 Å². The van der Waals surface area contributed by atoms with Gasteiger partial charge in [-0.15, -0.1) is 10.2 Å². The van der Waals surface area contributed by atoms with Crippen molar-refractivity contribution < 1.29 is 72.2 Å². The van der Waals surface area contributed by atoms with E-state index in [1.165, 1.54) is 12.1 Å². The number of nitrogens with zero attached hydrogens (tertiary/aromatic N) is 7. The largest absolute Gasteiger partial charge is 0.505 e. The molecule has 0 aliphatic carbocycles. The number of carbonyl (C=O) groups is 2. The summed E-state index contributed by atoms with van der Waals surface area (Å²) >= 11 is 0. The van der Waals surface area contributed by atoms with Crippen molar-refractivity contribution in [2.24, 2.45) is 15.3 Å². The number of non-ortho nitro benzene ring substituents is 2. The molecule has 8 aromatic carbocycles. The van der Waals surface area contributed by atoms with Crippen LogP contribution in [0.15, 0.2) is 161 Å². The molecule has 8 aromatic rings. The third kappa shape index (κ3) is 11.1. The first-order chi connectivity index (χ1) is 33.5. The minimum Gasteiger partial charge on any atom is -0.505 e. The molecule has 0 spiro atoms. The van der Waals surface area contributed by atoms with Crippen LogP contribution in [0.4, 0.5) is 56.9 Å². The van der Waals surface area contributed by atoms with Crippen LogP contribution in [-0.2, 0) is 17.4 Å². The first kappa shape index (κ1) is 50.2. The van der Waals surface area contributed by atoms with Gasteiger partial charge in [-0.25, -0.2) is 0 Å². The normalized spacial score (nSPS) is 10.8. The Hall–Kier alpha value is -10.2. The summed E-state index contributed by atoms with van der Waals surface area (Å²) < 4.78 is 0. The third-order valence-electron chi connectivity index (χ3n) is 10.0. The van der Waals surface area contributed by atoms with Crippen molar-refractivity contribution >= 4 is 90.2 Å². The molecule has 0 radical (unpaired) electrons. The second kappa shape index (κ2) is 21.6. The number of anilines is 2. The van der Waals surface area contributed by atoms with Crippen LogP contribution in [0.25, 0.3) is 21.5 Å². The monoisotopic (exact) mass is 999 g/mol. The molecule has 7 N–H and O–H groups in total. The van der Waals surface area contributed by atoms with Crippen molar-refractivity contribution in [1.29, 1.82) is 0 Å². The zero-order chi connectivity index (χ0) is 50.2. The van der Waals surface area contributed by atoms with Gasteiger partial charge in [0.15, 0.2) is 11.4 Å². The molecular formula is C46H31CrN10O14+. The zero-order valence-corrected chi connectivity index (χ0v) is 37.0. The average molecular weight is 1000 g/mol. The summed E-state index contributed by atoms with van der Waals surface area (Å²) in [5.74, 6) is -4.12. The van der Waals surface area contributed by atoms with Gasteiger partial charge < -0.3 is 31.1 Å². The number of nitrogens with one attached hydrogen (secondary N) is 3. The van der Waals surface area contributed by atoms with Crippen LogP contribution in [0.1, 0.15) is 20.7 Å². The number of hydrogen-bond donors (Lipinski definition) is 7. The van der Waals surface area contributed by atoms with Gasteiger partial charge in [0.05, 0.1) is 54.4 Å². The van der Waals surface area contributed by atoms with Gasteiger partial charge in [-0.2, -0.15) is 0 Å². The Morgan fingerprint density at radius 3 is 1.39 bits per heavy atom. The zero-order valence-electron chi connectivity index (χ0n) is 35.8. The van der Waals surface area contributed by atoms with E-state index in [0.717, 1.165) is 12.1 Å². The predicted octanol–water partition coefficient (Wildman–Crippen LogP) is 9.55. The van der Waals surface area contributed by atoms with E-state index >= 15 is 0 Å². The number of phenols is 4. The van der Waals surface area contributed by atoms with E-state index in [1.54, 1.807) is 109 Å². The topological polar surface area (TPSA) is 363 Å². The van der Waals surface area contributed by atoms with Crippen LogP contribution in [0, 0.1) is 40.5 Å². The number of hydrogen-bond acceptors (Lipinski definition) is 17. The molecule has 0 aliphatic heterocycles. The Morgan fingerprint density at radius 2 is 0.901 bits per heavy atom. The fourth-order valence-electron chi connectivity index (χ4n) is 6.70. The molecule has 71 heavy (non-hydrogen) atoms. The molecule has 0 saturated heterocycles. The van der Waals surface area contributed by atoms with Crippen molar-refractivity contribution in [3.05, 3.63) is 197 Å². The summed E-state index contributed by atoms with van der Waals surface area (Å²) in [7, 11) is 0. The van der Waals surface area contributed by atoms with E-state index in [-0.39, 0.29) is 39.9 Å². The molecule has 8 rings (SSSR count). The number of para-hydroxylation sites is 2. The van der Waals surface area contributed by atoms with Gasteiger partial charge in [0.1, 0.15) is 11.4 Å². The van der Waals surface area contributed by atoms with Crippen LogP contribution in [0.3, 0.4) is 0 Å². The van der Waals surface area contributed by atoms with Gasteiger partial charge in [0.25, 0.3) is 28.9 Å². The summed E-state index contributed by atoms with van der Waals surface area (Å²) in [6.45, 7) is 0. The van der Waals surface area contributed by atoms with Crippen LogP contribution in [0.2, 0.25) is 0 Å². The molecule has 2 amide bonds. The fourth-order valence-corrected chi connectivity index (χ4v) is 6.70. The predicted molar refractivity (Wildman–Crippen MR) is 250 cm³/mol. The second-order valence-corrected chi connectivity index (χ2v) is 14.5. The number of fused-ring (bicyclic) bond motifs is 2. The van der Waals surface area contributed by atoms with Crippen molar-refractivity contribution in [3.63, 3.8) is 0 Å². The minimum absolute atomic E-state index is 0. The molecule has 354 valence electrons. The standard InChI is InChI=1S/2C23H15N5O7.Cr/c2*29-21-17(23(31)24-14-7-2-1-3-8-14)10-13-6-4-5-9-16(13)20(21)26-25-18-11-15(27(32)33)12-19(22(18)30)28(34)35;/h2*1-12,29-30H,(H,24,31);/p+1. The first-order valence-corrected chi connectivity index (χ1v) is 19.9. The van der Waals surface area contributed by atoms with E-state index in [1.807, 2.05) is 0 Å². The Kier molecular flexibility index (Phi) is 15.3. The molecular weight excluding hydrogens is 969 g/mol. The van der Waals surface area contributed by atoms with Gasteiger partial charge in [0.2, 0.25) is 17.2 Å². The number of phenolic OH excluding ortho intramolecular Hbond substituents is 4. The summed E-state index contributed by atoms with van der Waals surface area (Å²) in [6, 6.07) is 36.2. The third-order valence-corrected chi connectivity index (χ3v) is 10.0. The van der Waals surface area contributed by atoms with E-state index in [4.69, 9.17) is 0 Å². The molecule has 25 heteroatoms. The molecule has 0 heterocycles. The number of nitro benzene ring substituents is 4. The van der Waals surface area contributed by atoms with Crippen molar-refractivity contribution in [2.75, 3.05) is 10.6 Å². The van der Waals surface area contributed by atoms with Crippen molar-refractivity contribution in [1.82, 2.24) is 0 Å². The maximum absolute atomic E-state index is 12.9. The van der Waals surface area contributed by atoms with Gasteiger partial charge in [-0.3, -0.25) is 50.0 Å². The number of nitro groups is 4. The quantitative estimate of drug-likeness (QED) is 0.0259. The van der Waals surface area contributed by atoms with Crippen molar-refractivity contribution in [3.8, 4) is 23.0 Å². The summed E-state index contributed by atoms with van der Waals surface area (Å²) in [5.41, 5.74) is -3.72. The van der Waals surface area contributed by atoms with Gasteiger partial charge in [-0.1, -0.05) is 84.0 Å². The number of azo groups is 2. The summed E-state index contributed by atoms with van der Waals surface area (Å²) in [6.07, 6.45) is 0. The van der Waals surface area contributed by atoms with E-state index in [2.05, 4.69) is 31.1 Å². The smallest absolute Gasteiger partial charge is 0.320 e. The Labute approximate surface area is 407 Å². The van der Waals surface area contributed by atoms with Gasteiger partial charge in [-0.05, 0) is 53.2 Å². The summed E-state index contributed by atoms with van der Waals surface area (Å²) in [4.78, 5) is 66.7. The van der Waals surface area contributed by atoms with E-state index in [9.17, 15) is 70.5 Å². The molecule has 0 saturated carbocycles. The summed E-state index contributed by atoms with van der Waals surface area (Å²) in [5, 5.41) is 108. The molecule has 0 aromatic heterocycles. The maximum Gasteiger partial charge on any atom is 0.320 e. The number of carbonyl (C=O) groups excluding carboxylic acids is 2. The number of benzene rings is 8. The van der Waals surface area contributed by atoms with E-state index < -0.39 is 88.6 Å². The molecule has 0 unspecified atom stereocenters. The minimum atomic E-state index is -0.997. The molecule has 0 fully saturated rings. The number of rotatable bonds is 12. The van der Waals surface area contributed by atoms with Crippen LogP contribution in [0.5, 0.6) is 23.0 Å².